The number of aliphatic hydroxyl groups excluding tert-OH is 1. The molecule has 4 heteroatoms. The quantitative estimate of drug-likeness (QED) is 0.741. The summed E-state index contributed by atoms with van der Waals surface area (Å²) in [5.74, 6) is -0.141. The predicted molar refractivity (Wildman–Crippen MR) is 54.1 cm³/mol. The zero-order chi connectivity index (χ0) is 10.6. The van der Waals surface area contributed by atoms with Gasteiger partial charge in [-0.05, 0) is 26.0 Å². The van der Waals surface area contributed by atoms with Crippen LogP contribution in [-0.4, -0.2) is 28.2 Å². The maximum atomic E-state index is 11.5. The van der Waals surface area contributed by atoms with Gasteiger partial charge in [-0.1, -0.05) is 0 Å². The Balaban J connectivity index is 2.60. The third kappa shape index (κ3) is 2.60. The number of rotatable bonds is 4. The van der Waals surface area contributed by atoms with Crippen LogP contribution in [0.4, 0.5) is 0 Å². The molecule has 1 amide bonds. The Kier molecular flexibility index (Phi) is 3.71. The standard InChI is InChI=1S/C10H16N2O2/c1-3-12-6-4-5-9(12)10(14)11-7-8(2)13/h4-6,8,13H,3,7H2,1-2H3,(H,11,14)/t8-/m0/s1. The van der Waals surface area contributed by atoms with E-state index in [-0.39, 0.29) is 12.5 Å². The molecule has 0 bridgehead atoms. The van der Waals surface area contributed by atoms with Crippen LogP contribution in [-0.2, 0) is 6.54 Å². The van der Waals surface area contributed by atoms with Gasteiger partial charge in [0.1, 0.15) is 5.69 Å². The number of carbonyl (C=O) groups is 1. The minimum absolute atomic E-state index is 0.141. The van der Waals surface area contributed by atoms with E-state index in [9.17, 15) is 4.79 Å². The van der Waals surface area contributed by atoms with Crippen LogP contribution < -0.4 is 5.32 Å². The van der Waals surface area contributed by atoms with Crippen LogP contribution in [0.3, 0.4) is 0 Å². The lowest BCUT2D eigenvalue weighted by molar-refractivity contribution is 0.0915. The molecule has 1 heterocycles. The second-order valence-corrected chi connectivity index (χ2v) is 3.24. The van der Waals surface area contributed by atoms with Crippen LogP contribution in [0.25, 0.3) is 0 Å². The number of aryl methyl sites for hydroxylation is 1. The summed E-state index contributed by atoms with van der Waals surface area (Å²) in [6.45, 7) is 4.67. The van der Waals surface area contributed by atoms with Gasteiger partial charge in [-0.2, -0.15) is 0 Å². The van der Waals surface area contributed by atoms with Gasteiger partial charge in [0.15, 0.2) is 0 Å². The fourth-order valence-corrected chi connectivity index (χ4v) is 1.23. The first-order valence-electron chi connectivity index (χ1n) is 4.76. The zero-order valence-electron chi connectivity index (χ0n) is 8.53. The summed E-state index contributed by atoms with van der Waals surface area (Å²) in [5.41, 5.74) is 0.633. The van der Waals surface area contributed by atoms with Crippen LogP contribution in [0.5, 0.6) is 0 Å². The maximum Gasteiger partial charge on any atom is 0.267 e. The third-order valence-electron chi connectivity index (χ3n) is 1.96. The maximum absolute atomic E-state index is 11.5. The molecule has 0 unspecified atom stereocenters. The summed E-state index contributed by atoms with van der Waals surface area (Å²) in [5, 5.41) is 11.7. The Labute approximate surface area is 83.5 Å². The van der Waals surface area contributed by atoms with E-state index in [0.29, 0.717) is 5.69 Å². The molecule has 0 saturated heterocycles. The summed E-state index contributed by atoms with van der Waals surface area (Å²) >= 11 is 0. The SMILES string of the molecule is CCn1cccc1C(=O)NC[C@H](C)O. The average Bonchev–Trinajstić information content (AvgIpc) is 2.61. The number of carbonyl (C=O) groups excluding carboxylic acids is 1. The van der Waals surface area contributed by atoms with Crippen molar-refractivity contribution in [2.24, 2.45) is 0 Å². The van der Waals surface area contributed by atoms with E-state index < -0.39 is 6.10 Å². The van der Waals surface area contributed by atoms with Gasteiger partial charge in [0.05, 0.1) is 6.10 Å². The smallest absolute Gasteiger partial charge is 0.267 e. The number of nitrogens with one attached hydrogen (secondary N) is 1. The topological polar surface area (TPSA) is 54.3 Å². The number of hydrogen-bond donors (Lipinski definition) is 2. The van der Waals surface area contributed by atoms with Gasteiger partial charge in [0.2, 0.25) is 0 Å². The molecular formula is C10H16N2O2. The van der Waals surface area contributed by atoms with E-state index >= 15 is 0 Å². The molecule has 0 saturated carbocycles. The van der Waals surface area contributed by atoms with Crippen molar-refractivity contribution in [3.63, 3.8) is 0 Å². The van der Waals surface area contributed by atoms with Gasteiger partial charge < -0.3 is 15.0 Å². The van der Waals surface area contributed by atoms with E-state index in [1.54, 1.807) is 13.0 Å². The lowest BCUT2D eigenvalue weighted by Gasteiger charge is -2.08. The van der Waals surface area contributed by atoms with Crippen molar-refractivity contribution < 1.29 is 9.90 Å². The van der Waals surface area contributed by atoms with Crippen LogP contribution in [0.15, 0.2) is 18.3 Å². The summed E-state index contributed by atoms with van der Waals surface area (Å²) < 4.78 is 1.86. The molecule has 1 aromatic heterocycles. The fraction of sp³-hybridized carbons (Fsp3) is 0.500. The number of aliphatic hydroxyl groups is 1. The lowest BCUT2D eigenvalue weighted by Crippen LogP contribution is -2.31. The summed E-state index contributed by atoms with van der Waals surface area (Å²) in [6, 6.07) is 3.60. The fourth-order valence-electron chi connectivity index (χ4n) is 1.23. The van der Waals surface area contributed by atoms with E-state index in [1.807, 2.05) is 23.8 Å². The molecule has 78 valence electrons. The van der Waals surface area contributed by atoms with E-state index in [1.165, 1.54) is 0 Å². The molecule has 14 heavy (non-hydrogen) atoms. The van der Waals surface area contributed by atoms with Gasteiger partial charge in [0, 0.05) is 19.3 Å². The number of nitrogens with zero attached hydrogens (tertiary/aromatic N) is 1. The molecule has 1 rings (SSSR count). The van der Waals surface area contributed by atoms with Gasteiger partial charge in [-0.25, -0.2) is 0 Å². The van der Waals surface area contributed by atoms with Gasteiger partial charge in [-0.3, -0.25) is 4.79 Å². The Morgan fingerprint density at radius 1 is 1.71 bits per heavy atom. The summed E-state index contributed by atoms with van der Waals surface area (Å²) in [6.07, 6.45) is 1.35. The minimum atomic E-state index is -0.510. The lowest BCUT2D eigenvalue weighted by atomic mass is 10.3. The molecule has 0 fully saturated rings. The Morgan fingerprint density at radius 3 is 3.00 bits per heavy atom. The second-order valence-electron chi connectivity index (χ2n) is 3.24. The van der Waals surface area contributed by atoms with Crippen molar-refractivity contribution in [1.29, 1.82) is 0 Å². The molecule has 2 N–H and O–H groups in total. The van der Waals surface area contributed by atoms with Crippen LogP contribution in [0.2, 0.25) is 0 Å². The number of aromatic nitrogens is 1. The van der Waals surface area contributed by atoms with Crippen LogP contribution in [0, 0.1) is 0 Å². The van der Waals surface area contributed by atoms with Gasteiger partial charge in [0.25, 0.3) is 5.91 Å². The minimum Gasteiger partial charge on any atom is -0.392 e. The first-order valence-corrected chi connectivity index (χ1v) is 4.76. The third-order valence-corrected chi connectivity index (χ3v) is 1.96. The monoisotopic (exact) mass is 196 g/mol. The average molecular weight is 196 g/mol. The highest BCUT2D eigenvalue weighted by atomic mass is 16.3. The second kappa shape index (κ2) is 4.81. The van der Waals surface area contributed by atoms with Crippen molar-refractivity contribution in [2.45, 2.75) is 26.5 Å². The largest absolute Gasteiger partial charge is 0.392 e. The van der Waals surface area contributed by atoms with Gasteiger partial charge >= 0.3 is 0 Å². The van der Waals surface area contributed by atoms with Crippen molar-refractivity contribution in [3.8, 4) is 0 Å². The highest BCUT2D eigenvalue weighted by molar-refractivity contribution is 5.92. The molecule has 4 nitrogen and oxygen atoms in total. The van der Waals surface area contributed by atoms with Crippen molar-refractivity contribution in [1.82, 2.24) is 9.88 Å². The molecule has 0 aliphatic heterocycles. The molecule has 0 aliphatic carbocycles. The summed E-state index contributed by atoms with van der Waals surface area (Å²) in [7, 11) is 0. The molecule has 0 aromatic carbocycles. The van der Waals surface area contributed by atoms with Gasteiger partial charge in [-0.15, -0.1) is 0 Å². The normalized spacial score (nSPS) is 12.5. The number of amides is 1. The molecule has 0 radical (unpaired) electrons. The van der Waals surface area contributed by atoms with E-state index in [0.717, 1.165) is 6.54 Å². The molecule has 1 aromatic rings. The highest BCUT2D eigenvalue weighted by Gasteiger charge is 2.09. The highest BCUT2D eigenvalue weighted by Crippen LogP contribution is 2.01. The Morgan fingerprint density at radius 2 is 2.43 bits per heavy atom. The Bertz CT molecular complexity index is 305. The zero-order valence-corrected chi connectivity index (χ0v) is 8.53. The Hall–Kier alpha value is -1.29. The van der Waals surface area contributed by atoms with E-state index in [2.05, 4.69) is 5.32 Å². The molecule has 1 atom stereocenters. The van der Waals surface area contributed by atoms with Crippen molar-refractivity contribution in [2.75, 3.05) is 6.54 Å². The first-order chi connectivity index (χ1) is 6.65. The molecule has 0 spiro atoms. The van der Waals surface area contributed by atoms with Crippen LogP contribution >= 0.6 is 0 Å². The van der Waals surface area contributed by atoms with Crippen LogP contribution in [0.1, 0.15) is 24.3 Å². The van der Waals surface area contributed by atoms with Crippen molar-refractivity contribution in [3.05, 3.63) is 24.0 Å². The predicted octanol–water partition coefficient (Wildman–Crippen LogP) is 0.619. The van der Waals surface area contributed by atoms with E-state index in [4.69, 9.17) is 5.11 Å². The summed E-state index contributed by atoms with van der Waals surface area (Å²) in [4.78, 5) is 11.5. The number of hydrogen-bond acceptors (Lipinski definition) is 2. The molecular weight excluding hydrogens is 180 g/mol. The molecule has 0 aliphatic rings. The first kappa shape index (κ1) is 10.8. The van der Waals surface area contributed by atoms with Crippen molar-refractivity contribution >= 4 is 5.91 Å².